The number of hydrogen-bond donors (Lipinski definition) is 1. The highest BCUT2D eigenvalue weighted by Crippen LogP contribution is 2.30. The molecular formula is C19H27N5O. The van der Waals surface area contributed by atoms with E-state index in [2.05, 4.69) is 10.3 Å². The first kappa shape index (κ1) is 17.3. The first-order chi connectivity index (χ1) is 11.9. The van der Waals surface area contributed by atoms with Crippen molar-refractivity contribution in [2.24, 2.45) is 0 Å². The maximum absolute atomic E-state index is 12.1. The molecule has 6 nitrogen and oxygen atoms in total. The summed E-state index contributed by atoms with van der Waals surface area (Å²) < 4.78 is 0. The molecule has 1 aliphatic rings. The van der Waals surface area contributed by atoms with Crippen molar-refractivity contribution in [3.8, 4) is 11.5 Å². The molecule has 0 radical (unpaired) electrons. The second-order valence-corrected chi connectivity index (χ2v) is 6.95. The van der Waals surface area contributed by atoms with Gasteiger partial charge in [0.2, 0.25) is 5.91 Å². The molecule has 134 valence electrons. The number of fused-ring (bicyclic) bond motifs is 1. The molecule has 6 heteroatoms. The van der Waals surface area contributed by atoms with Gasteiger partial charge in [0.15, 0.2) is 5.82 Å². The summed E-state index contributed by atoms with van der Waals surface area (Å²) in [6.07, 6.45) is 4.77. The van der Waals surface area contributed by atoms with Crippen LogP contribution in [-0.2, 0) is 17.6 Å². The van der Waals surface area contributed by atoms with Crippen LogP contribution in [0.4, 0.5) is 5.82 Å². The molecule has 0 fully saturated rings. The molecule has 0 bridgehead atoms. The van der Waals surface area contributed by atoms with Gasteiger partial charge in [0.1, 0.15) is 11.5 Å². The van der Waals surface area contributed by atoms with Crippen LogP contribution in [0.3, 0.4) is 0 Å². The van der Waals surface area contributed by atoms with Crippen molar-refractivity contribution >= 4 is 11.7 Å². The normalized spacial score (nSPS) is 13.0. The smallest absolute Gasteiger partial charge is 0.239 e. The van der Waals surface area contributed by atoms with Crippen molar-refractivity contribution in [3.63, 3.8) is 0 Å². The second-order valence-electron chi connectivity index (χ2n) is 6.95. The summed E-state index contributed by atoms with van der Waals surface area (Å²) in [4.78, 5) is 28.0. The number of nitrogens with one attached hydrogen (secondary N) is 1. The average molecular weight is 341 g/mol. The Bertz CT molecular complexity index is 793. The van der Waals surface area contributed by atoms with Gasteiger partial charge >= 0.3 is 0 Å². The molecule has 0 saturated carbocycles. The van der Waals surface area contributed by atoms with E-state index < -0.39 is 0 Å². The molecule has 0 atom stereocenters. The van der Waals surface area contributed by atoms with Crippen LogP contribution in [0.15, 0.2) is 18.3 Å². The highest BCUT2D eigenvalue weighted by atomic mass is 16.2. The SMILES string of the molecule is Cc1ccnc(-c2nc3c(c(N(C)CC(=O)NC(C)C)n2)CCC3)c1.[HH]. The first-order valence-corrected chi connectivity index (χ1v) is 8.77. The number of rotatable bonds is 5. The summed E-state index contributed by atoms with van der Waals surface area (Å²) in [7, 11) is 1.91. The van der Waals surface area contributed by atoms with Gasteiger partial charge in [0, 0.05) is 32.0 Å². The molecule has 0 spiro atoms. The molecule has 1 amide bonds. The van der Waals surface area contributed by atoms with Crippen molar-refractivity contribution < 1.29 is 6.22 Å². The van der Waals surface area contributed by atoms with Crippen LogP contribution >= 0.6 is 0 Å². The Balaban J connectivity index is 0.00000243. The van der Waals surface area contributed by atoms with E-state index in [1.54, 1.807) is 6.20 Å². The van der Waals surface area contributed by atoms with E-state index in [0.29, 0.717) is 5.82 Å². The van der Waals surface area contributed by atoms with Gasteiger partial charge in [-0.3, -0.25) is 9.78 Å². The van der Waals surface area contributed by atoms with E-state index in [9.17, 15) is 4.79 Å². The van der Waals surface area contributed by atoms with Gasteiger partial charge in [0.05, 0.1) is 6.54 Å². The molecule has 0 saturated heterocycles. The molecule has 1 aliphatic carbocycles. The molecule has 25 heavy (non-hydrogen) atoms. The Morgan fingerprint density at radius 3 is 2.88 bits per heavy atom. The third kappa shape index (κ3) is 3.95. The van der Waals surface area contributed by atoms with Gasteiger partial charge in [-0.2, -0.15) is 0 Å². The fourth-order valence-corrected chi connectivity index (χ4v) is 3.16. The third-order valence-electron chi connectivity index (χ3n) is 4.25. The van der Waals surface area contributed by atoms with Crippen LogP contribution in [0.25, 0.3) is 11.5 Å². The van der Waals surface area contributed by atoms with E-state index in [1.807, 2.05) is 44.9 Å². The fraction of sp³-hybridized carbons (Fsp3) is 0.474. The van der Waals surface area contributed by atoms with Crippen LogP contribution in [0.2, 0.25) is 0 Å². The van der Waals surface area contributed by atoms with E-state index in [-0.39, 0.29) is 19.9 Å². The Labute approximate surface area is 150 Å². The van der Waals surface area contributed by atoms with Crippen molar-refractivity contribution in [2.45, 2.75) is 46.1 Å². The zero-order chi connectivity index (χ0) is 18.0. The number of carbonyl (C=O) groups excluding carboxylic acids is 1. The Kier molecular flexibility index (Phi) is 4.97. The number of aryl methyl sites for hydroxylation is 2. The van der Waals surface area contributed by atoms with Crippen LogP contribution in [0.1, 0.15) is 38.5 Å². The largest absolute Gasteiger partial charge is 0.352 e. The lowest BCUT2D eigenvalue weighted by molar-refractivity contribution is -0.120. The number of amides is 1. The minimum atomic E-state index is -0.00177. The van der Waals surface area contributed by atoms with Gasteiger partial charge in [0.25, 0.3) is 0 Å². The van der Waals surface area contributed by atoms with Crippen LogP contribution in [0, 0.1) is 6.92 Å². The van der Waals surface area contributed by atoms with E-state index in [1.165, 1.54) is 0 Å². The predicted molar refractivity (Wildman–Crippen MR) is 101 cm³/mol. The Morgan fingerprint density at radius 1 is 1.36 bits per heavy atom. The number of nitrogens with zero attached hydrogens (tertiary/aromatic N) is 4. The van der Waals surface area contributed by atoms with Crippen molar-refractivity contribution in [3.05, 3.63) is 35.2 Å². The van der Waals surface area contributed by atoms with E-state index >= 15 is 0 Å². The van der Waals surface area contributed by atoms with Crippen molar-refractivity contribution in [1.29, 1.82) is 0 Å². The highest BCUT2D eigenvalue weighted by molar-refractivity contribution is 5.81. The van der Waals surface area contributed by atoms with Gasteiger partial charge in [-0.25, -0.2) is 9.97 Å². The lowest BCUT2D eigenvalue weighted by Crippen LogP contribution is -2.39. The van der Waals surface area contributed by atoms with Crippen LogP contribution in [0.5, 0.6) is 0 Å². The molecular weight excluding hydrogens is 314 g/mol. The summed E-state index contributed by atoms with van der Waals surface area (Å²) in [5.74, 6) is 1.48. The van der Waals surface area contributed by atoms with Gasteiger partial charge < -0.3 is 10.2 Å². The highest BCUT2D eigenvalue weighted by Gasteiger charge is 2.23. The molecule has 1 N–H and O–H groups in total. The molecule has 2 aromatic heterocycles. The first-order valence-electron chi connectivity index (χ1n) is 8.77. The summed E-state index contributed by atoms with van der Waals surface area (Å²) in [6, 6.07) is 4.08. The third-order valence-corrected chi connectivity index (χ3v) is 4.25. The minimum absolute atomic E-state index is 0. The molecule has 2 aromatic rings. The number of pyridine rings is 1. The zero-order valence-corrected chi connectivity index (χ0v) is 15.3. The lowest BCUT2D eigenvalue weighted by atomic mass is 10.2. The minimum Gasteiger partial charge on any atom is -0.352 e. The van der Waals surface area contributed by atoms with Gasteiger partial charge in [-0.1, -0.05) is 0 Å². The van der Waals surface area contributed by atoms with Crippen LogP contribution in [-0.4, -0.2) is 40.5 Å². The Morgan fingerprint density at radius 2 is 2.16 bits per heavy atom. The maximum atomic E-state index is 12.1. The zero-order valence-electron chi connectivity index (χ0n) is 15.3. The van der Waals surface area contributed by atoms with Crippen molar-refractivity contribution in [1.82, 2.24) is 20.3 Å². The summed E-state index contributed by atoms with van der Waals surface area (Å²) in [5.41, 5.74) is 4.15. The molecule has 0 aromatic carbocycles. The number of hydrogen-bond acceptors (Lipinski definition) is 5. The molecule has 3 rings (SSSR count). The summed E-state index contributed by atoms with van der Waals surface area (Å²) in [5, 5.41) is 2.93. The molecule has 0 aliphatic heterocycles. The summed E-state index contributed by atoms with van der Waals surface area (Å²) >= 11 is 0. The lowest BCUT2D eigenvalue weighted by Gasteiger charge is -2.22. The number of aromatic nitrogens is 3. The predicted octanol–water partition coefficient (Wildman–Crippen LogP) is 2.54. The quantitative estimate of drug-likeness (QED) is 0.905. The molecule has 2 heterocycles. The summed E-state index contributed by atoms with van der Waals surface area (Å²) in [6.45, 7) is 6.23. The van der Waals surface area contributed by atoms with Crippen LogP contribution < -0.4 is 10.2 Å². The van der Waals surface area contributed by atoms with E-state index in [0.717, 1.165) is 47.6 Å². The van der Waals surface area contributed by atoms with Gasteiger partial charge in [-0.15, -0.1) is 0 Å². The van der Waals surface area contributed by atoms with Crippen molar-refractivity contribution in [2.75, 3.05) is 18.5 Å². The van der Waals surface area contributed by atoms with Gasteiger partial charge in [-0.05, 0) is 57.7 Å². The second kappa shape index (κ2) is 7.17. The average Bonchev–Trinajstić information content (AvgIpc) is 3.01. The monoisotopic (exact) mass is 341 g/mol. The van der Waals surface area contributed by atoms with E-state index in [4.69, 9.17) is 9.97 Å². The fourth-order valence-electron chi connectivity index (χ4n) is 3.16. The maximum Gasteiger partial charge on any atom is 0.239 e. The Hall–Kier alpha value is -2.50. The standard InChI is InChI=1S/C19H25N5O.H2/c1-12(2)21-17(25)11-24(4)19-14-6-5-7-15(14)22-18(23-19)16-10-13(3)8-9-20-16;/h8-10,12H,5-7,11H2,1-4H3,(H,21,25);1H. The topological polar surface area (TPSA) is 71.0 Å². The number of likely N-dealkylation sites (N-methyl/N-ethyl adjacent to an activating group) is 1. The number of anilines is 1. The number of carbonyl (C=O) groups is 1. The molecule has 0 unspecified atom stereocenters.